The van der Waals surface area contributed by atoms with Crippen LogP contribution in [0.5, 0.6) is 0 Å². The van der Waals surface area contributed by atoms with Crippen molar-refractivity contribution in [3.63, 3.8) is 0 Å². The molecule has 0 aromatic heterocycles. The first-order valence-electron chi connectivity index (χ1n) is 11.3. The predicted molar refractivity (Wildman–Crippen MR) is 143 cm³/mol. The molecule has 2 amide bonds. The van der Waals surface area contributed by atoms with Crippen LogP contribution < -0.4 is 9.62 Å². The number of hydrogen-bond donors (Lipinski definition) is 1. The second kappa shape index (κ2) is 12.3. The molecule has 0 fully saturated rings. The number of likely N-dealkylation sites (N-methyl/N-ethyl adjacent to an activating group) is 1. The summed E-state index contributed by atoms with van der Waals surface area (Å²) in [4.78, 5) is 27.7. The number of rotatable bonds is 10. The number of anilines is 1. The number of halogens is 2. The summed E-state index contributed by atoms with van der Waals surface area (Å²) in [5.41, 5.74) is 1.02. The Balaban J connectivity index is 2.00. The molecule has 0 spiro atoms. The van der Waals surface area contributed by atoms with Crippen LogP contribution in [0.4, 0.5) is 5.69 Å². The average molecular weight is 548 g/mol. The first-order valence-corrected chi connectivity index (χ1v) is 13.5. The van der Waals surface area contributed by atoms with Crippen molar-refractivity contribution in [1.29, 1.82) is 0 Å². The van der Waals surface area contributed by atoms with Gasteiger partial charge in [-0.2, -0.15) is 0 Å². The Morgan fingerprint density at radius 1 is 0.917 bits per heavy atom. The van der Waals surface area contributed by atoms with Gasteiger partial charge in [-0.25, -0.2) is 8.42 Å². The van der Waals surface area contributed by atoms with Crippen LogP contribution in [-0.4, -0.2) is 44.3 Å². The zero-order valence-corrected chi connectivity index (χ0v) is 22.2. The van der Waals surface area contributed by atoms with Crippen LogP contribution in [0.15, 0.2) is 83.8 Å². The SMILES string of the molecule is CCNC(=O)C(C)N(Cc1cccc(Cl)c1)C(=O)CN(c1ccccc1)S(=O)(=O)c1ccc(Cl)cc1. The lowest BCUT2D eigenvalue weighted by Crippen LogP contribution is -2.51. The summed E-state index contributed by atoms with van der Waals surface area (Å²) >= 11 is 12.1. The third-order valence-electron chi connectivity index (χ3n) is 5.48. The van der Waals surface area contributed by atoms with Crippen molar-refractivity contribution < 1.29 is 18.0 Å². The maximum Gasteiger partial charge on any atom is 0.264 e. The highest BCUT2D eigenvalue weighted by atomic mass is 35.5. The zero-order chi connectivity index (χ0) is 26.3. The Morgan fingerprint density at radius 2 is 1.58 bits per heavy atom. The van der Waals surface area contributed by atoms with Crippen LogP contribution in [0.3, 0.4) is 0 Å². The largest absolute Gasteiger partial charge is 0.355 e. The van der Waals surface area contributed by atoms with E-state index in [4.69, 9.17) is 23.2 Å². The van der Waals surface area contributed by atoms with Gasteiger partial charge < -0.3 is 10.2 Å². The third-order valence-corrected chi connectivity index (χ3v) is 7.76. The summed E-state index contributed by atoms with van der Waals surface area (Å²) in [5, 5.41) is 3.60. The number of amides is 2. The minimum atomic E-state index is -4.13. The minimum absolute atomic E-state index is 0.0123. The molecule has 0 aliphatic heterocycles. The van der Waals surface area contributed by atoms with Crippen molar-refractivity contribution in [2.75, 3.05) is 17.4 Å². The fourth-order valence-electron chi connectivity index (χ4n) is 3.59. The van der Waals surface area contributed by atoms with E-state index >= 15 is 0 Å². The Hall–Kier alpha value is -3.07. The number of nitrogens with one attached hydrogen (secondary N) is 1. The maximum absolute atomic E-state index is 13.7. The molecule has 0 aliphatic rings. The number of carbonyl (C=O) groups excluding carboxylic acids is 2. The molecule has 0 aliphatic carbocycles. The second-order valence-corrected chi connectivity index (χ2v) is 10.8. The van der Waals surface area contributed by atoms with Crippen molar-refractivity contribution in [2.24, 2.45) is 0 Å². The Kier molecular flexibility index (Phi) is 9.37. The normalized spacial score (nSPS) is 12.0. The first-order chi connectivity index (χ1) is 17.1. The fourth-order valence-corrected chi connectivity index (χ4v) is 5.35. The molecule has 36 heavy (non-hydrogen) atoms. The van der Waals surface area contributed by atoms with Crippen molar-refractivity contribution in [3.05, 3.63) is 94.5 Å². The molecule has 0 saturated heterocycles. The highest BCUT2D eigenvalue weighted by Gasteiger charge is 2.32. The van der Waals surface area contributed by atoms with Gasteiger partial charge in [-0.3, -0.25) is 13.9 Å². The van der Waals surface area contributed by atoms with Gasteiger partial charge >= 0.3 is 0 Å². The summed E-state index contributed by atoms with van der Waals surface area (Å²) in [6.45, 7) is 3.33. The van der Waals surface area contributed by atoms with Gasteiger partial charge in [0, 0.05) is 23.1 Å². The van der Waals surface area contributed by atoms with Crippen LogP contribution in [-0.2, 0) is 26.2 Å². The number of nitrogens with zero attached hydrogens (tertiary/aromatic N) is 2. The van der Waals surface area contributed by atoms with Gasteiger partial charge in [0.2, 0.25) is 11.8 Å². The van der Waals surface area contributed by atoms with Gasteiger partial charge in [-0.15, -0.1) is 0 Å². The van der Waals surface area contributed by atoms with Gasteiger partial charge in [0.15, 0.2) is 0 Å². The van der Waals surface area contributed by atoms with E-state index in [1.54, 1.807) is 68.4 Å². The predicted octanol–water partition coefficient (Wildman–Crippen LogP) is 4.74. The van der Waals surface area contributed by atoms with Gasteiger partial charge in [-0.05, 0) is 67.9 Å². The Bertz CT molecular complexity index is 1300. The van der Waals surface area contributed by atoms with Crippen molar-refractivity contribution in [3.8, 4) is 0 Å². The molecule has 3 rings (SSSR count). The van der Waals surface area contributed by atoms with Crippen LogP contribution in [0.2, 0.25) is 10.0 Å². The molecule has 10 heteroatoms. The van der Waals surface area contributed by atoms with E-state index in [0.717, 1.165) is 4.31 Å². The van der Waals surface area contributed by atoms with Crippen molar-refractivity contribution in [2.45, 2.75) is 31.3 Å². The molecule has 0 heterocycles. The fraction of sp³-hybridized carbons (Fsp3) is 0.231. The topological polar surface area (TPSA) is 86.8 Å². The summed E-state index contributed by atoms with van der Waals surface area (Å²) in [6.07, 6.45) is 0. The third kappa shape index (κ3) is 6.78. The molecule has 1 unspecified atom stereocenters. The summed E-state index contributed by atoms with van der Waals surface area (Å²) < 4.78 is 28.3. The number of hydrogen-bond acceptors (Lipinski definition) is 4. The molecular formula is C26H27Cl2N3O4S. The number of sulfonamides is 1. The number of carbonyl (C=O) groups is 2. The van der Waals surface area contributed by atoms with E-state index in [0.29, 0.717) is 27.8 Å². The molecule has 3 aromatic rings. The van der Waals surface area contributed by atoms with Gasteiger partial charge in [0.05, 0.1) is 10.6 Å². The van der Waals surface area contributed by atoms with E-state index in [1.165, 1.54) is 29.2 Å². The van der Waals surface area contributed by atoms with Crippen molar-refractivity contribution >= 4 is 50.7 Å². The smallest absolute Gasteiger partial charge is 0.264 e. The monoisotopic (exact) mass is 547 g/mol. The molecule has 0 bridgehead atoms. The molecule has 190 valence electrons. The second-order valence-electron chi connectivity index (χ2n) is 8.02. The van der Waals surface area contributed by atoms with Crippen LogP contribution in [0.1, 0.15) is 19.4 Å². The summed E-state index contributed by atoms with van der Waals surface area (Å²) in [6, 6.07) is 20.2. The molecule has 1 N–H and O–H groups in total. The lowest BCUT2D eigenvalue weighted by Gasteiger charge is -2.32. The standard InChI is InChI=1S/C26H27Cl2N3O4S/c1-3-29-26(33)19(2)30(17-20-8-7-9-22(28)16-20)25(32)18-31(23-10-5-4-6-11-23)36(34,35)24-14-12-21(27)13-15-24/h4-16,19H,3,17-18H2,1-2H3,(H,29,33). The maximum atomic E-state index is 13.7. The average Bonchev–Trinajstić information content (AvgIpc) is 2.86. The van der Waals surface area contributed by atoms with Gasteiger partial charge in [0.1, 0.15) is 12.6 Å². The molecule has 3 aromatic carbocycles. The molecule has 1 atom stereocenters. The van der Waals surface area contributed by atoms with E-state index in [9.17, 15) is 18.0 Å². The van der Waals surface area contributed by atoms with E-state index < -0.39 is 28.5 Å². The molecule has 0 radical (unpaired) electrons. The molecular weight excluding hydrogens is 521 g/mol. The van der Waals surface area contributed by atoms with Crippen molar-refractivity contribution in [1.82, 2.24) is 10.2 Å². The highest BCUT2D eigenvalue weighted by Crippen LogP contribution is 2.25. The first kappa shape index (κ1) is 27.5. The van der Waals surface area contributed by atoms with E-state index in [-0.39, 0.29) is 17.3 Å². The van der Waals surface area contributed by atoms with E-state index in [1.807, 2.05) is 0 Å². The quantitative estimate of drug-likeness (QED) is 0.397. The molecule has 7 nitrogen and oxygen atoms in total. The van der Waals surface area contributed by atoms with Crippen LogP contribution in [0.25, 0.3) is 0 Å². The summed E-state index contributed by atoms with van der Waals surface area (Å²) in [7, 11) is -4.13. The van der Waals surface area contributed by atoms with Crippen LogP contribution in [0, 0.1) is 0 Å². The van der Waals surface area contributed by atoms with Gasteiger partial charge in [0.25, 0.3) is 10.0 Å². The van der Waals surface area contributed by atoms with Gasteiger partial charge in [-0.1, -0.05) is 53.5 Å². The number of benzene rings is 3. The number of para-hydroxylation sites is 1. The Labute approximate surface area is 221 Å². The lowest BCUT2D eigenvalue weighted by molar-refractivity contribution is -0.139. The highest BCUT2D eigenvalue weighted by molar-refractivity contribution is 7.92. The zero-order valence-electron chi connectivity index (χ0n) is 19.9. The minimum Gasteiger partial charge on any atom is -0.355 e. The van der Waals surface area contributed by atoms with Crippen LogP contribution >= 0.6 is 23.2 Å². The summed E-state index contributed by atoms with van der Waals surface area (Å²) in [5.74, 6) is -0.894. The lowest BCUT2D eigenvalue weighted by atomic mass is 10.1. The van der Waals surface area contributed by atoms with E-state index in [2.05, 4.69) is 5.32 Å². The molecule has 0 saturated carbocycles. The Morgan fingerprint density at radius 3 is 2.19 bits per heavy atom.